The second kappa shape index (κ2) is 7.93. The molecule has 0 aliphatic heterocycles. The van der Waals surface area contributed by atoms with Crippen LogP contribution in [-0.4, -0.2) is 13.1 Å². The number of esters is 1. The minimum absolute atomic E-state index is 0.0316. The molecular formula is C22H19FO3. The quantitative estimate of drug-likeness (QED) is 0.616. The normalized spacial score (nSPS) is 11.2. The van der Waals surface area contributed by atoms with Crippen molar-refractivity contribution in [2.24, 2.45) is 0 Å². The van der Waals surface area contributed by atoms with Gasteiger partial charge in [0.25, 0.3) is 0 Å². The lowest BCUT2D eigenvalue weighted by molar-refractivity contribution is -0.166. The fraction of sp³-hybridized carbons (Fsp3) is 0.136. The van der Waals surface area contributed by atoms with Crippen LogP contribution < -0.4 is 0 Å². The van der Waals surface area contributed by atoms with Crippen molar-refractivity contribution in [2.75, 3.05) is 7.11 Å². The summed E-state index contributed by atoms with van der Waals surface area (Å²) in [5.41, 5.74) is 0.684. The fourth-order valence-electron chi connectivity index (χ4n) is 2.90. The average Bonchev–Trinajstić information content (AvgIpc) is 2.70. The Balaban J connectivity index is 1.95. The average molecular weight is 350 g/mol. The van der Waals surface area contributed by atoms with E-state index in [0.29, 0.717) is 16.7 Å². The van der Waals surface area contributed by atoms with Crippen LogP contribution >= 0.6 is 0 Å². The van der Waals surface area contributed by atoms with Crippen molar-refractivity contribution in [3.63, 3.8) is 0 Å². The Kier molecular flexibility index (Phi) is 5.44. The topological polar surface area (TPSA) is 35.5 Å². The fourth-order valence-corrected chi connectivity index (χ4v) is 2.90. The van der Waals surface area contributed by atoms with Gasteiger partial charge >= 0.3 is 5.97 Å². The number of methoxy groups -OCH3 is 1. The summed E-state index contributed by atoms with van der Waals surface area (Å²) in [5, 5.41) is 0. The van der Waals surface area contributed by atoms with Crippen LogP contribution in [0, 0.1) is 5.82 Å². The lowest BCUT2D eigenvalue weighted by Crippen LogP contribution is -2.40. The van der Waals surface area contributed by atoms with Gasteiger partial charge in [-0.3, -0.25) is 0 Å². The van der Waals surface area contributed by atoms with Crippen LogP contribution in [-0.2, 0) is 26.5 Å². The monoisotopic (exact) mass is 350 g/mol. The molecule has 0 saturated carbocycles. The van der Waals surface area contributed by atoms with E-state index in [4.69, 9.17) is 9.47 Å². The van der Waals surface area contributed by atoms with Gasteiger partial charge in [-0.15, -0.1) is 0 Å². The molecule has 0 amide bonds. The molecule has 3 rings (SSSR count). The van der Waals surface area contributed by atoms with Gasteiger partial charge in [0.05, 0.1) is 0 Å². The zero-order valence-corrected chi connectivity index (χ0v) is 14.4. The van der Waals surface area contributed by atoms with Gasteiger partial charge in [-0.2, -0.15) is 0 Å². The molecule has 0 spiro atoms. The molecule has 0 fully saturated rings. The molecule has 0 bridgehead atoms. The second-order valence-corrected chi connectivity index (χ2v) is 5.82. The van der Waals surface area contributed by atoms with Crippen molar-refractivity contribution in [1.29, 1.82) is 0 Å². The van der Waals surface area contributed by atoms with Gasteiger partial charge in [-0.1, -0.05) is 72.8 Å². The molecule has 3 aromatic rings. The largest absolute Gasteiger partial charge is 0.458 e. The van der Waals surface area contributed by atoms with E-state index in [-0.39, 0.29) is 12.4 Å². The Bertz CT molecular complexity index is 806. The summed E-state index contributed by atoms with van der Waals surface area (Å²) in [4.78, 5) is 13.1. The number of rotatable bonds is 6. The molecule has 0 atom stereocenters. The first-order valence-corrected chi connectivity index (χ1v) is 8.24. The number of hydrogen-bond acceptors (Lipinski definition) is 3. The SMILES string of the molecule is COC(C(=O)OCc1ccc(F)cc1)(c1ccccc1)c1ccccc1. The Hall–Kier alpha value is -2.98. The van der Waals surface area contributed by atoms with Gasteiger partial charge in [0, 0.05) is 7.11 Å². The zero-order valence-electron chi connectivity index (χ0n) is 14.4. The van der Waals surface area contributed by atoms with Gasteiger partial charge in [0.15, 0.2) is 0 Å². The Labute approximate surface area is 152 Å². The highest BCUT2D eigenvalue weighted by Gasteiger charge is 2.44. The van der Waals surface area contributed by atoms with E-state index in [1.54, 1.807) is 12.1 Å². The molecule has 4 heteroatoms. The Morgan fingerprint density at radius 1 is 0.846 bits per heavy atom. The molecule has 132 valence electrons. The van der Waals surface area contributed by atoms with Gasteiger partial charge in [0.2, 0.25) is 5.60 Å². The number of carbonyl (C=O) groups excluding carboxylic acids is 1. The first kappa shape index (κ1) is 17.8. The number of carbonyl (C=O) groups is 1. The van der Waals surface area contributed by atoms with E-state index in [1.807, 2.05) is 60.7 Å². The van der Waals surface area contributed by atoms with Crippen LogP contribution in [0.25, 0.3) is 0 Å². The number of halogens is 1. The smallest absolute Gasteiger partial charge is 0.348 e. The molecule has 3 aromatic carbocycles. The van der Waals surface area contributed by atoms with E-state index in [2.05, 4.69) is 0 Å². The van der Waals surface area contributed by atoms with Crippen LogP contribution in [0.1, 0.15) is 16.7 Å². The summed E-state index contributed by atoms with van der Waals surface area (Å²) in [7, 11) is 1.49. The molecule has 26 heavy (non-hydrogen) atoms. The third-order valence-electron chi connectivity index (χ3n) is 4.24. The van der Waals surface area contributed by atoms with Gasteiger partial charge in [-0.05, 0) is 28.8 Å². The van der Waals surface area contributed by atoms with Crippen molar-refractivity contribution in [3.8, 4) is 0 Å². The first-order chi connectivity index (χ1) is 12.7. The summed E-state index contributed by atoms with van der Waals surface area (Å²) in [6, 6.07) is 24.3. The van der Waals surface area contributed by atoms with Crippen molar-refractivity contribution in [3.05, 3.63) is 107 Å². The third kappa shape index (κ3) is 3.51. The highest BCUT2D eigenvalue weighted by atomic mass is 19.1. The lowest BCUT2D eigenvalue weighted by Gasteiger charge is -2.31. The van der Waals surface area contributed by atoms with E-state index < -0.39 is 11.6 Å². The number of ether oxygens (including phenoxy) is 2. The number of hydrogen-bond donors (Lipinski definition) is 0. The van der Waals surface area contributed by atoms with Crippen LogP contribution in [0.15, 0.2) is 84.9 Å². The Morgan fingerprint density at radius 3 is 1.81 bits per heavy atom. The second-order valence-electron chi connectivity index (χ2n) is 5.82. The van der Waals surface area contributed by atoms with Crippen molar-refractivity contribution in [2.45, 2.75) is 12.2 Å². The highest BCUT2D eigenvalue weighted by Crippen LogP contribution is 2.34. The van der Waals surface area contributed by atoms with Gasteiger partial charge in [-0.25, -0.2) is 9.18 Å². The van der Waals surface area contributed by atoms with Crippen molar-refractivity contribution < 1.29 is 18.7 Å². The predicted molar refractivity (Wildman–Crippen MR) is 96.9 cm³/mol. The maximum atomic E-state index is 13.1. The summed E-state index contributed by atoms with van der Waals surface area (Å²) >= 11 is 0. The minimum atomic E-state index is -1.37. The molecule has 0 saturated heterocycles. The van der Waals surface area contributed by atoms with E-state index in [1.165, 1.54) is 19.2 Å². The van der Waals surface area contributed by atoms with Crippen LogP contribution in [0.5, 0.6) is 0 Å². The molecule has 0 heterocycles. The maximum absolute atomic E-state index is 13.1. The molecule has 0 aliphatic rings. The van der Waals surface area contributed by atoms with Gasteiger partial charge in [0.1, 0.15) is 12.4 Å². The van der Waals surface area contributed by atoms with Crippen molar-refractivity contribution in [1.82, 2.24) is 0 Å². The van der Waals surface area contributed by atoms with E-state index in [9.17, 15) is 9.18 Å². The minimum Gasteiger partial charge on any atom is -0.458 e. The van der Waals surface area contributed by atoms with Crippen molar-refractivity contribution >= 4 is 5.97 Å². The predicted octanol–water partition coefficient (Wildman–Crippen LogP) is 4.46. The molecule has 0 radical (unpaired) electrons. The first-order valence-electron chi connectivity index (χ1n) is 8.24. The van der Waals surface area contributed by atoms with Crippen LogP contribution in [0.4, 0.5) is 4.39 Å². The van der Waals surface area contributed by atoms with E-state index >= 15 is 0 Å². The molecule has 0 aliphatic carbocycles. The third-order valence-corrected chi connectivity index (χ3v) is 4.24. The molecule has 3 nitrogen and oxygen atoms in total. The number of benzene rings is 3. The highest BCUT2D eigenvalue weighted by molar-refractivity contribution is 5.85. The van der Waals surface area contributed by atoms with Crippen LogP contribution in [0.3, 0.4) is 0 Å². The van der Waals surface area contributed by atoms with Gasteiger partial charge < -0.3 is 9.47 Å². The molecule has 0 aromatic heterocycles. The summed E-state index contributed by atoms with van der Waals surface area (Å²) in [6.07, 6.45) is 0. The Morgan fingerprint density at radius 2 is 1.35 bits per heavy atom. The zero-order chi connectivity index (χ0) is 18.4. The van der Waals surface area contributed by atoms with E-state index in [0.717, 1.165) is 0 Å². The standard InChI is InChI=1S/C22H19FO3/c1-25-22(18-8-4-2-5-9-18,19-10-6-3-7-11-19)21(24)26-16-17-12-14-20(23)15-13-17/h2-15H,16H2,1H3. The molecule has 0 unspecified atom stereocenters. The molecule has 0 N–H and O–H groups in total. The summed E-state index contributed by atoms with van der Waals surface area (Å²) < 4.78 is 24.3. The van der Waals surface area contributed by atoms with Crippen LogP contribution in [0.2, 0.25) is 0 Å². The summed E-state index contributed by atoms with van der Waals surface area (Å²) in [6.45, 7) is 0.0316. The lowest BCUT2D eigenvalue weighted by atomic mass is 9.86. The summed E-state index contributed by atoms with van der Waals surface area (Å²) in [5.74, 6) is -0.860. The maximum Gasteiger partial charge on any atom is 0.348 e. The molecular weight excluding hydrogens is 331 g/mol.